The summed E-state index contributed by atoms with van der Waals surface area (Å²) in [7, 11) is 1.90. The number of carbonyl (C=O) groups excluding carboxylic acids is 1. The molecule has 0 bridgehead atoms. The van der Waals surface area contributed by atoms with Gasteiger partial charge in [-0.2, -0.15) is 0 Å². The summed E-state index contributed by atoms with van der Waals surface area (Å²) < 4.78 is 0. The SMILES string of the molecule is CCC1CCC(C)N1C(=O)C(C)CNC. The average Bonchev–Trinajstić information content (AvgIpc) is 2.58. The van der Waals surface area contributed by atoms with Crippen molar-refractivity contribution in [3.8, 4) is 0 Å². The second-order valence-electron chi connectivity index (χ2n) is 4.69. The van der Waals surface area contributed by atoms with Gasteiger partial charge in [0.25, 0.3) is 0 Å². The zero-order valence-corrected chi connectivity index (χ0v) is 10.4. The number of likely N-dealkylation sites (tertiary alicyclic amines) is 1. The molecule has 1 rings (SSSR count). The van der Waals surface area contributed by atoms with Gasteiger partial charge in [-0.15, -0.1) is 0 Å². The van der Waals surface area contributed by atoms with Crippen LogP contribution in [0.1, 0.15) is 40.0 Å². The number of hydrogen-bond acceptors (Lipinski definition) is 2. The predicted octanol–water partition coefficient (Wildman–Crippen LogP) is 1.63. The first-order valence-corrected chi connectivity index (χ1v) is 6.08. The fourth-order valence-electron chi connectivity index (χ4n) is 2.52. The van der Waals surface area contributed by atoms with Crippen LogP contribution >= 0.6 is 0 Å². The molecule has 3 atom stereocenters. The molecule has 0 aromatic rings. The Balaban J connectivity index is 2.63. The van der Waals surface area contributed by atoms with Crippen LogP contribution in [0.3, 0.4) is 0 Å². The molecule has 0 aliphatic carbocycles. The molecule has 3 nitrogen and oxygen atoms in total. The van der Waals surface area contributed by atoms with E-state index in [1.54, 1.807) is 0 Å². The monoisotopic (exact) mass is 212 g/mol. The number of nitrogens with one attached hydrogen (secondary N) is 1. The molecule has 1 heterocycles. The molecule has 0 aromatic heterocycles. The lowest BCUT2D eigenvalue weighted by Gasteiger charge is -2.30. The van der Waals surface area contributed by atoms with Crippen LogP contribution in [0.4, 0.5) is 0 Å². The number of hydrogen-bond donors (Lipinski definition) is 1. The van der Waals surface area contributed by atoms with E-state index in [4.69, 9.17) is 0 Å². The molecular formula is C12H24N2O. The summed E-state index contributed by atoms with van der Waals surface area (Å²) in [5.41, 5.74) is 0. The topological polar surface area (TPSA) is 32.3 Å². The highest BCUT2D eigenvalue weighted by Crippen LogP contribution is 2.27. The second kappa shape index (κ2) is 5.50. The van der Waals surface area contributed by atoms with E-state index >= 15 is 0 Å². The molecule has 88 valence electrons. The number of carbonyl (C=O) groups is 1. The molecule has 1 N–H and O–H groups in total. The highest BCUT2D eigenvalue weighted by Gasteiger charge is 2.34. The van der Waals surface area contributed by atoms with Crippen molar-refractivity contribution in [2.75, 3.05) is 13.6 Å². The van der Waals surface area contributed by atoms with Crippen LogP contribution in [-0.4, -0.2) is 36.5 Å². The van der Waals surface area contributed by atoms with E-state index in [9.17, 15) is 4.79 Å². The second-order valence-corrected chi connectivity index (χ2v) is 4.69. The van der Waals surface area contributed by atoms with E-state index in [1.807, 2.05) is 14.0 Å². The Kier molecular flexibility index (Phi) is 4.58. The summed E-state index contributed by atoms with van der Waals surface area (Å²) in [6, 6.07) is 0.911. The third-order valence-electron chi connectivity index (χ3n) is 3.44. The third kappa shape index (κ3) is 2.71. The molecular weight excluding hydrogens is 188 g/mol. The molecule has 0 saturated carbocycles. The molecule has 3 heteroatoms. The van der Waals surface area contributed by atoms with Gasteiger partial charge in [0.2, 0.25) is 5.91 Å². The minimum atomic E-state index is 0.101. The van der Waals surface area contributed by atoms with Gasteiger partial charge in [0.15, 0.2) is 0 Å². The van der Waals surface area contributed by atoms with Gasteiger partial charge in [0.05, 0.1) is 0 Å². The standard InChI is InChI=1S/C12H24N2O/c1-5-11-7-6-10(3)14(11)12(15)9(2)8-13-4/h9-11,13H,5-8H2,1-4H3. The van der Waals surface area contributed by atoms with Crippen molar-refractivity contribution in [1.29, 1.82) is 0 Å². The van der Waals surface area contributed by atoms with Gasteiger partial charge in [-0.1, -0.05) is 13.8 Å². The van der Waals surface area contributed by atoms with Gasteiger partial charge < -0.3 is 10.2 Å². The van der Waals surface area contributed by atoms with Crippen LogP contribution in [0.25, 0.3) is 0 Å². The van der Waals surface area contributed by atoms with Gasteiger partial charge in [-0.3, -0.25) is 4.79 Å². The first-order valence-electron chi connectivity index (χ1n) is 6.08. The lowest BCUT2D eigenvalue weighted by molar-refractivity contribution is -0.137. The molecule has 15 heavy (non-hydrogen) atoms. The number of nitrogens with zero attached hydrogens (tertiary/aromatic N) is 1. The minimum Gasteiger partial charge on any atom is -0.337 e. The van der Waals surface area contributed by atoms with Crippen molar-refractivity contribution in [3.05, 3.63) is 0 Å². The summed E-state index contributed by atoms with van der Waals surface area (Å²) in [6.07, 6.45) is 3.43. The number of amides is 1. The van der Waals surface area contributed by atoms with E-state index in [0.717, 1.165) is 19.4 Å². The Morgan fingerprint density at radius 3 is 2.73 bits per heavy atom. The van der Waals surface area contributed by atoms with Crippen molar-refractivity contribution < 1.29 is 4.79 Å². The van der Waals surface area contributed by atoms with E-state index in [-0.39, 0.29) is 5.92 Å². The lowest BCUT2D eigenvalue weighted by atomic mass is 10.1. The van der Waals surface area contributed by atoms with Gasteiger partial charge in [0.1, 0.15) is 0 Å². The van der Waals surface area contributed by atoms with Crippen LogP contribution in [0, 0.1) is 5.92 Å². The third-order valence-corrected chi connectivity index (χ3v) is 3.44. The molecule has 1 amide bonds. The summed E-state index contributed by atoms with van der Waals surface area (Å²) in [4.78, 5) is 14.3. The summed E-state index contributed by atoms with van der Waals surface area (Å²) in [6.45, 7) is 7.13. The first-order chi connectivity index (χ1) is 7.11. The summed E-state index contributed by atoms with van der Waals surface area (Å²) >= 11 is 0. The van der Waals surface area contributed by atoms with E-state index in [2.05, 4.69) is 24.1 Å². The molecule has 3 unspecified atom stereocenters. The van der Waals surface area contributed by atoms with Gasteiger partial charge in [-0.05, 0) is 33.2 Å². The van der Waals surface area contributed by atoms with Crippen LogP contribution < -0.4 is 5.32 Å². The Morgan fingerprint density at radius 2 is 2.20 bits per heavy atom. The molecule has 0 radical (unpaired) electrons. The maximum Gasteiger partial charge on any atom is 0.227 e. The van der Waals surface area contributed by atoms with Gasteiger partial charge >= 0.3 is 0 Å². The van der Waals surface area contributed by atoms with Crippen LogP contribution in [0.5, 0.6) is 0 Å². The largest absolute Gasteiger partial charge is 0.337 e. The normalized spacial score (nSPS) is 28.1. The Labute approximate surface area is 93.2 Å². The number of rotatable bonds is 4. The molecule has 1 aliphatic heterocycles. The molecule has 0 spiro atoms. The fraction of sp³-hybridized carbons (Fsp3) is 0.917. The molecule has 1 aliphatic rings. The molecule has 1 saturated heterocycles. The smallest absolute Gasteiger partial charge is 0.227 e. The van der Waals surface area contributed by atoms with Gasteiger partial charge in [-0.25, -0.2) is 0 Å². The van der Waals surface area contributed by atoms with Crippen LogP contribution in [0.15, 0.2) is 0 Å². The maximum absolute atomic E-state index is 12.2. The quantitative estimate of drug-likeness (QED) is 0.768. The lowest BCUT2D eigenvalue weighted by Crippen LogP contribution is -2.44. The van der Waals surface area contributed by atoms with Crippen molar-refractivity contribution >= 4 is 5.91 Å². The fourth-order valence-corrected chi connectivity index (χ4v) is 2.52. The zero-order valence-electron chi connectivity index (χ0n) is 10.4. The van der Waals surface area contributed by atoms with E-state index < -0.39 is 0 Å². The highest BCUT2D eigenvalue weighted by atomic mass is 16.2. The molecule has 0 aromatic carbocycles. The van der Waals surface area contributed by atoms with Crippen LogP contribution in [-0.2, 0) is 4.79 Å². The van der Waals surface area contributed by atoms with E-state index in [0.29, 0.717) is 18.0 Å². The van der Waals surface area contributed by atoms with Crippen molar-refractivity contribution in [3.63, 3.8) is 0 Å². The first kappa shape index (κ1) is 12.5. The Morgan fingerprint density at radius 1 is 1.53 bits per heavy atom. The highest BCUT2D eigenvalue weighted by molar-refractivity contribution is 5.79. The van der Waals surface area contributed by atoms with Crippen LogP contribution in [0.2, 0.25) is 0 Å². The summed E-state index contributed by atoms with van der Waals surface area (Å²) in [5.74, 6) is 0.422. The van der Waals surface area contributed by atoms with Crippen molar-refractivity contribution in [2.24, 2.45) is 5.92 Å². The van der Waals surface area contributed by atoms with Crippen molar-refractivity contribution in [2.45, 2.75) is 52.1 Å². The zero-order chi connectivity index (χ0) is 11.4. The summed E-state index contributed by atoms with van der Waals surface area (Å²) in [5, 5.41) is 3.07. The maximum atomic E-state index is 12.2. The van der Waals surface area contributed by atoms with Crippen molar-refractivity contribution in [1.82, 2.24) is 10.2 Å². The Bertz CT molecular complexity index is 218. The average molecular weight is 212 g/mol. The molecule has 1 fully saturated rings. The van der Waals surface area contributed by atoms with Gasteiger partial charge in [0, 0.05) is 24.5 Å². The van der Waals surface area contributed by atoms with E-state index in [1.165, 1.54) is 6.42 Å². The Hall–Kier alpha value is -0.570. The minimum absolute atomic E-state index is 0.101. The predicted molar refractivity (Wildman–Crippen MR) is 62.7 cm³/mol.